The van der Waals surface area contributed by atoms with Gasteiger partial charge in [0.05, 0.1) is 19.1 Å². The van der Waals surface area contributed by atoms with E-state index >= 15 is 0 Å². The van der Waals surface area contributed by atoms with Crippen LogP contribution in [0.3, 0.4) is 0 Å². The summed E-state index contributed by atoms with van der Waals surface area (Å²) in [6.45, 7) is -2.89. The van der Waals surface area contributed by atoms with Crippen molar-refractivity contribution in [3.8, 4) is 23.0 Å². The van der Waals surface area contributed by atoms with Gasteiger partial charge in [-0.15, -0.1) is 0 Å². The van der Waals surface area contributed by atoms with Gasteiger partial charge in [-0.3, -0.25) is 14.9 Å². The zero-order valence-corrected chi connectivity index (χ0v) is 18.8. The van der Waals surface area contributed by atoms with E-state index in [1.54, 1.807) is 24.3 Å². The van der Waals surface area contributed by atoms with Crippen molar-refractivity contribution in [3.63, 3.8) is 0 Å². The van der Waals surface area contributed by atoms with E-state index in [1.165, 1.54) is 62.8 Å². The fraction of sp³-hybridized carbons (Fsp3) is 0.160. The van der Waals surface area contributed by atoms with Crippen LogP contribution in [0.2, 0.25) is 0 Å². The monoisotopic (exact) mass is 485 g/mol. The van der Waals surface area contributed by atoms with Crippen molar-refractivity contribution < 1.29 is 37.4 Å². The van der Waals surface area contributed by atoms with Crippen LogP contribution in [0.5, 0.6) is 23.0 Å². The largest absolute Gasteiger partial charge is 0.496 e. The number of nitrogens with zero attached hydrogens (tertiary/aromatic N) is 1. The average Bonchev–Trinajstić information content (AvgIpc) is 2.86. The van der Waals surface area contributed by atoms with Gasteiger partial charge in [0.25, 0.3) is 5.69 Å². The van der Waals surface area contributed by atoms with Crippen molar-refractivity contribution in [2.45, 2.75) is 13.2 Å². The minimum atomic E-state index is -3.01. The van der Waals surface area contributed by atoms with Crippen LogP contribution in [0.15, 0.2) is 66.7 Å². The molecule has 0 aliphatic heterocycles. The maximum absolute atomic E-state index is 12.6. The molecule has 35 heavy (non-hydrogen) atoms. The van der Waals surface area contributed by atoms with Gasteiger partial charge in [0.1, 0.15) is 18.1 Å². The summed E-state index contributed by atoms with van der Waals surface area (Å²) in [6, 6.07) is 14.9. The van der Waals surface area contributed by atoms with E-state index in [1.807, 2.05) is 0 Å². The smallest absolute Gasteiger partial charge is 0.387 e. The van der Waals surface area contributed by atoms with Crippen LogP contribution in [-0.4, -0.2) is 31.5 Å². The van der Waals surface area contributed by atoms with Crippen LogP contribution in [0, 0.1) is 10.1 Å². The van der Waals surface area contributed by atoms with E-state index in [2.05, 4.69) is 4.74 Å². The molecule has 0 aliphatic rings. The van der Waals surface area contributed by atoms with E-state index in [-0.39, 0.29) is 35.1 Å². The highest BCUT2D eigenvalue weighted by atomic mass is 19.3. The summed E-state index contributed by atoms with van der Waals surface area (Å²) >= 11 is 0. The van der Waals surface area contributed by atoms with Gasteiger partial charge >= 0.3 is 6.61 Å². The molecule has 0 aromatic heterocycles. The van der Waals surface area contributed by atoms with Gasteiger partial charge in [-0.25, -0.2) is 0 Å². The highest BCUT2D eigenvalue weighted by Gasteiger charge is 2.13. The molecule has 0 bridgehead atoms. The third kappa shape index (κ3) is 6.76. The number of nitro benzene ring substituents is 1. The Labute approximate surface area is 199 Å². The van der Waals surface area contributed by atoms with Crippen LogP contribution >= 0.6 is 0 Å². The van der Waals surface area contributed by atoms with E-state index < -0.39 is 11.5 Å². The van der Waals surface area contributed by atoms with E-state index in [4.69, 9.17) is 14.2 Å². The number of alkyl halides is 2. The van der Waals surface area contributed by atoms with Crippen LogP contribution in [0.4, 0.5) is 14.5 Å². The molecule has 0 fully saturated rings. The minimum Gasteiger partial charge on any atom is -0.496 e. The summed E-state index contributed by atoms with van der Waals surface area (Å²) in [4.78, 5) is 22.9. The molecular formula is C25H21F2NO7. The number of benzene rings is 3. The second kappa shape index (κ2) is 11.6. The topological polar surface area (TPSA) is 97.1 Å². The Morgan fingerprint density at radius 3 is 2.29 bits per heavy atom. The lowest BCUT2D eigenvalue weighted by Gasteiger charge is -2.11. The SMILES string of the molecule is COc1ccc(/C=C/C(=O)c2ccc(OC(F)F)c(OC)c2)cc1COc1ccc([N+](=O)[O-])cc1. The molecule has 0 saturated heterocycles. The number of nitro groups is 1. The quantitative estimate of drug-likeness (QED) is 0.149. The molecule has 0 radical (unpaired) electrons. The number of halogens is 2. The predicted molar refractivity (Wildman–Crippen MR) is 123 cm³/mol. The predicted octanol–water partition coefficient (Wildman–Crippen LogP) is 5.69. The Morgan fingerprint density at radius 1 is 0.971 bits per heavy atom. The fourth-order valence-electron chi connectivity index (χ4n) is 3.12. The summed E-state index contributed by atoms with van der Waals surface area (Å²) < 4.78 is 45.4. The van der Waals surface area contributed by atoms with Crippen LogP contribution in [0.1, 0.15) is 21.5 Å². The molecule has 182 valence electrons. The van der Waals surface area contributed by atoms with Crippen molar-refractivity contribution >= 4 is 17.5 Å². The third-order valence-electron chi connectivity index (χ3n) is 4.84. The Morgan fingerprint density at radius 2 is 1.66 bits per heavy atom. The van der Waals surface area contributed by atoms with Crippen molar-refractivity contribution in [2.24, 2.45) is 0 Å². The minimum absolute atomic E-state index is 0.0136. The number of rotatable bonds is 11. The Hall–Kier alpha value is -4.47. The van der Waals surface area contributed by atoms with E-state index in [0.29, 0.717) is 22.6 Å². The fourth-order valence-corrected chi connectivity index (χ4v) is 3.12. The number of allylic oxidation sites excluding steroid dienone is 1. The zero-order valence-electron chi connectivity index (χ0n) is 18.8. The van der Waals surface area contributed by atoms with Gasteiger partial charge in [-0.1, -0.05) is 12.1 Å². The lowest BCUT2D eigenvalue weighted by atomic mass is 10.1. The molecule has 3 aromatic carbocycles. The van der Waals surface area contributed by atoms with Crippen molar-refractivity contribution in [3.05, 3.63) is 93.5 Å². The van der Waals surface area contributed by atoms with Crippen molar-refractivity contribution in [1.29, 1.82) is 0 Å². The number of carbonyl (C=O) groups is 1. The first kappa shape index (κ1) is 25.2. The highest BCUT2D eigenvalue weighted by molar-refractivity contribution is 6.07. The molecule has 0 saturated carbocycles. The normalized spacial score (nSPS) is 10.9. The van der Waals surface area contributed by atoms with Gasteiger partial charge in [-0.05, 0) is 54.1 Å². The number of carbonyl (C=O) groups excluding carboxylic acids is 1. The van der Waals surface area contributed by atoms with Gasteiger partial charge in [0.15, 0.2) is 17.3 Å². The number of non-ortho nitro benzene ring substituents is 1. The molecule has 0 atom stereocenters. The number of hydrogen-bond acceptors (Lipinski definition) is 7. The number of hydrogen-bond donors (Lipinski definition) is 0. The molecule has 0 N–H and O–H groups in total. The lowest BCUT2D eigenvalue weighted by molar-refractivity contribution is -0.384. The highest BCUT2D eigenvalue weighted by Crippen LogP contribution is 2.30. The van der Waals surface area contributed by atoms with Crippen LogP contribution in [0.25, 0.3) is 6.08 Å². The average molecular weight is 485 g/mol. The molecule has 0 aliphatic carbocycles. The van der Waals surface area contributed by atoms with E-state index in [9.17, 15) is 23.7 Å². The molecule has 0 heterocycles. The Bertz CT molecular complexity index is 1230. The van der Waals surface area contributed by atoms with E-state index in [0.717, 1.165) is 0 Å². The van der Waals surface area contributed by atoms with Gasteiger partial charge in [0.2, 0.25) is 0 Å². The summed E-state index contributed by atoms with van der Waals surface area (Å²) in [5.74, 6) is 0.485. The number of ketones is 1. The Balaban J connectivity index is 1.73. The van der Waals surface area contributed by atoms with Crippen LogP contribution in [-0.2, 0) is 6.61 Å². The number of ether oxygens (including phenoxy) is 4. The van der Waals surface area contributed by atoms with Crippen LogP contribution < -0.4 is 18.9 Å². The van der Waals surface area contributed by atoms with Gasteiger partial charge in [0, 0.05) is 23.3 Å². The first-order valence-corrected chi connectivity index (χ1v) is 10.2. The molecule has 0 amide bonds. The summed E-state index contributed by atoms with van der Waals surface area (Å²) in [5.41, 5.74) is 1.57. The van der Waals surface area contributed by atoms with Crippen molar-refractivity contribution in [2.75, 3.05) is 14.2 Å². The molecule has 0 spiro atoms. The summed E-state index contributed by atoms with van der Waals surface area (Å²) in [7, 11) is 2.80. The molecule has 3 aromatic rings. The summed E-state index contributed by atoms with van der Waals surface area (Å²) in [6.07, 6.45) is 2.93. The lowest BCUT2D eigenvalue weighted by Crippen LogP contribution is -2.04. The van der Waals surface area contributed by atoms with Crippen molar-refractivity contribution in [1.82, 2.24) is 0 Å². The first-order chi connectivity index (χ1) is 16.8. The zero-order chi connectivity index (χ0) is 25.4. The molecule has 10 heteroatoms. The third-order valence-corrected chi connectivity index (χ3v) is 4.84. The second-order valence-electron chi connectivity index (χ2n) is 7.05. The number of methoxy groups -OCH3 is 2. The molecular weight excluding hydrogens is 464 g/mol. The maximum Gasteiger partial charge on any atom is 0.387 e. The van der Waals surface area contributed by atoms with Gasteiger partial charge < -0.3 is 18.9 Å². The summed E-state index contributed by atoms with van der Waals surface area (Å²) in [5, 5.41) is 10.8. The molecule has 0 unspecified atom stereocenters. The molecule has 3 rings (SSSR count). The standard InChI is InChI=1S/C25H21F2NO7/c1-32-22-11-4-16(13-18(22)15-34-20-8-6-19(7-9-20)28(30)31)3-10-21(29)17-5-12-23(35-25(26)27)24(14-17)33-2/h3-14,25H,15H2,1-2H3/b10-3+. The molecule has 8 nitrogen and oxygen atoms in total. The maximum atomic E-state index is 12.6. The second-order valence-corrected chi connectivity index (χ2v) is 7.05. The first-order valence-electron chi connectivity index (χ1n) is 10.2. The Kier molecular flexibility index (Phi) is 8.33. The van der Waals surface area contributed by atoms with Gasteiger partial charge in [-0.2, -0.15) is 8.78 Å².